The van der Waals surface area contributed by atoms with Crippen molar-refractivity contribution in [1.82, 2.24) is 0 Å². The normalized spacial score (nSPS) is 13.6. The monoisotopic (exact) mass is 288 g/mol. The minimum absolute atomic E-state index is 0.184. The Morgan fingerprint density at radius 3 is 2.56 bits per heavy atom. The average molecular weight is 289 g/mol. The van der Waals surface area contributed by atoms with Gasteiger partial charge in [0, 0.05) is 10.0 Å². The second-order valence-electron chi connectivity index (χ2n) is 4.46. The fourth-order valence-electron chi connectivity index (χ4n) is 1.23. The lowest BCUT2D eigenvalue weighted by Crippen LogP contribution is -2.28. The molecule has 4 heteroatoms. The van der Waals surface area contributed by atoms with Crippen molar-refractivity contribution in [1.29, 1.82) is 0 Å². The van der Waals surface area contributed by atoms with Crippen LogP contribution in [0.25, 0.3) is 0 Å². The van der Waals surface area contributed by atoms with Gasteiger partial charge in [0.15, 0.2) is 0 Å². The Labute approximate surface area is 104 Å². The molecule has 90 valence electrons. The first-order chi connectivity index (χ1) is 7.29. The van der Waals surface area contributed by atoms with Gasteiger partial charge in [0.1, 0.15) is 12.4 Å². The van der Waals surface area contributed by atoms with E-state index in [0.717, 1.165) is 4.47 Å². The molecule has 2 N–H and O–H groups in total. The molecule has 3 nitrogen and oxygen atoms in total. The fourth-order valence-corrected chi connectivity index (χ4v) is 1.57. The molecule has 0 amide bonds. The minimum Gasteiger partial charge on any atom is -0.490 e. The molecule has 0 spiro atoms. The summed E-state index contributed by atoms with van der Waals surface area (Å²) in [6, 6.07) is 5.43. The molecule has 0 radical (unpaired) electrons. The summed E-state index contributed by atoms with van der Waals surface area (Å²) in [7, 11) is 0. The van der Waals surface area contributed by atoms with Crippen LogP contribution in [0, 0.1) is 0 Å². The summed E-state index contributed by atoms with van der Waals surface area (Å²) >= 11 is 3.34. The zero-order chi connectivity index (χ0) is 12.3. The summed E-state index contributed by atoms with van der Waals surface area (Å²) in [5.41, 5.74) is -0.175. The molecule has 1 rings (SSSR count). The van der Waals surface area contributed by atoms with Gasteiger partial charge in [0.2, 0.25) is 0 Å². The standard InChI is InChI=1S/C12H17BrO3/c1-8(14)10-5-4-9(13)6-11(10)16-7-12(2,3)15/h4-6,8,14-15H,7H2,1-3H3. The first-order valence-electron chi connectivity index (χ1n) is 5.12. The summed E-state index contributed by atoms with van der Waals surface area (Å²) in [6.07, 6.45) is -0.593. The molecule has 1 aromatic carbocycles. The van der Waals surface area contributed by atoms with E-state index < -0.39 is 11.7 Å². The highest BCUT2D eigenvalue weighted by molar-refractivity contribution is 9.10. The highest BCUT2D eigenvalue weighted by Crippen LogP contribution is 2.29. The molecule has 1 unspecified atom stereocenters. The van der Waals surface area contributed by atoms with E-state index in [4.69, 9.17) is 4.74 Å². The lowest BCUT2D eigenvalue weighted by atomic mass is 10.1. The van der Waals surface area contributed by atoms with Crippen LogP contribution in [0.15, 0.2) is 22.7 Å². The Hall–Kier alpha value is -0.580. The highest BCUT2D eigenvalue weighted by Gasteiger charge is 2.16. The van der Waals surface area contributed by atoms with Crippen molar-refractivity contribution in [3.63, 3.8) is 0 Å². The van der Waals surface area contributed by atoms with Crippen molar-refractivity contribution in [3.05, 3.63) is 28.2 Å². The largest absolute Gasteiger partial charge is 0.490 e. The highest BCUT2D eigenvalue weighted by atomic mass is 79.9. The van der Waals surface area contributed by atoms with Crippen LogP contribution in [0.1, 0.15) is 32.4 Å². The van der Waals surface area contributed by atoms with Gasteiger partial charge in [-0.3, -0.25) is 0 Å². The van der Waals surface area contributed by atoms with Crippen LogP contribution >= 0.6 is 15.9 Å². The summed E-state index contributed by atoms with van der Waals surface area (Å²) in [5, 5.41) is 19.1. The predicted octanol–water partition coefficient (Wildman–Crippen LogP) is 2.65. The van der Waals surface area contributed by atoms with Crippen LogP contribution in [-0.4, -0.2) is 22.4 Å². The Morgan fingerprint density at radius 1 is 1.44 bits per heavy atom. The van der Waals surface area contributed by atoms with Gasteiger partial charge in [-0.2, -0.15) is 0 Å². The van der Waals surface area contributed by atoms with Crippen molar-refractivity contribution in [2.45, 2.75) is 32.5 Å². The molecule has 0 aliphatic heterocycles. The molecule has 0 fully saturated rings. The zero-order valence-electron chi connectivity index (χ0n) is 9.70. The molecule has 0 saturated heterocycles. The first-order valence-corrected chi connectivity index (χ1v) is 5.91. The average Bonchev–Trinajstić information content (AvgIpc) is 2.13. The minimum atomic E-state index is -0.891. The van der Waals surface area contributed by atoms with Crippen LogP contribution in [0.4, 0.5) is 0 Å². The van der Waals surface area contributed by atoms with Gasteiger partial charge in [-0.05, 0) is 32.9 Å². The number of hydrogen-bond donors (Lipinski definition) is 2. The van der Waals surface area contributed by atoms with E-state index >= 15 is 0 Å². The van der Waals surface area contributed by atoms with Crippen LogP contribution in [0.2, 0.25) is 0 Å². The van der Waals surface area contributed by atoms with Crippen LogP contribution in [0.3, 0.4) is 0 Å². The number of rotatable bonds is 4. The SMILES string of the molecule is CC(O)c1ccc(Br)cc1OCC(C)(C)O. The van der Waals surface area contributed by atoms with Crippen LogP contribution in [-0.2, 0) is 0 Å². The summed E-state index contributed by atoms with van der Waals surface area (Å²) in [5.74, 6) is 0.589. The Morgan fingerprint density at radius 2 is 2.06 bits per heavy atom. The maximum absolute atomic E-state index is 9.58. The first kappa shape index (κ1) is 13.5. The third-order valence-electron chi connectivity index (χ3n) is 2.01. The quantitative estimate of drug-likeness (QED) is 0.896. The molecular formula is C12H17BrO3. The molecule has 0 saturated carbocycles. The number of halogens is 1. The van der Waals surface area contributed by atoms with Gasteiger partial charge < -0.3 is 14.9 Å². The van der Waals surface area contributed by atoms with Gasteiger partial charge in [-0.1, -0.05) is 22.0 Å². The molecule has 0 aliphatic carbocycles. The van der Waals surface area contributed by atoms with Crippen LogP contribution < -0.4 is 4.74 Å². The second-order valence-corrected chi connectivity index (χ2v) is 5.37. The van der Waals surface area contributed by atoms with Crippen LogP contribution in [0.5, 0.6) is 5.75 Å². The van der Waals surface area contributed by atoms with E-state index in [1.165, 1.54) is 0 Å². The van der Waals surface area contributed by atoms with E-state index in [1.54, 1.807) is 32.9 Å². The molecule has 0 heterocycles. The lowest BCUT2D eigenvalue weighted by Gasteiger charge is -2.20. The van der Waals surface area contributed by atoms with E-state index in [0.29, 0.717) is 11.3 Å². The molecular weight excluding hydrogens is 272 g/mol. The van der Waals surface area contributed by atoms with E-state index in [-0.39, 0.29) is 6.61 Å². The van der Waals surface area contributed by atoms with Gasteiger partial charge >= 0.3 is 0 Å². The Balaban J connectivity index is 2.88. The number of ether oxygens (including phenoxy) is 1. The third-order valence-corrected chi connectivity index (χ3v) is 2.50. The number of benzene rings is 1. The van der Waals surface area contributed by atoms with Gasteiger partial charge in [0.25, 0.3) is 0 Å². The molecule has 0 bridgehead atoms. The van der Waals surface area contributed by atoms with Gasteiger partial charge in [-0.15, -0.1) is 0 Å². The fraction of sp³-hybridized carbons (Fsp3) is 0.500. The topological polar surface area (TPSA) is 49.7 Å². The van der Waals surface area contributed by atoms with E-state index in [2.05, 4.69) is 15.9 Å². The predicted molar refractivity (Wildman–Crippen MR) is 66.6 cm³/mol. The van der Waals surface area contributed by atoms with Crippen molar-refractivity contribution in [3.8, 4) is 5.75 Å². The molecule has 1 aromatic rings. The van der Waals surface area contributed by atoms with E-state index in [1.807, 2.05) is 6.07 Å². The molecule has 1 atom stereocenters. The number of aliphatic hydroxyl groups is 2. The molecule has 0 aromatic heterocycles. The van der Waals surface area contributed by atoms with Gasteiger partial charge in [-0.25, -0.2) is 0 Å². The maximum atomic E-state index is 9.58. The third kappa shape index (κ3) is 4.12. The second kappa shape index (κ2) is 5.17. The molecule has 16 heavy (non-hydrogen) atoms. The number of hydrogen-bond acceptors (Lipinski definition) is 3. The van der Waals surface area contributed by atoms with E-state index in [9.17, 15) is 10.2 Å². The summed E-state index contributed by atoms with van der Waals surface area (Å²) < 4.78 is 6.38. The van der Waals surface area contributed by atoms with Crippen molar-refractivity contribution < 1.29 is 14.9 Å². The van der Waals surface area contributed by atoms with Crippen molar-refractivity contribution >= 4 is 15.9 Å². The summed E-state index contributed by atoms with van der Waals surface area (Å²) in [6.45, 7) is 5.21. The summed E-state index contributed by atoms with van der Waals surface area (Å²) in [4.78, 5) is 0. The van der Waals surface area contributed by atoms with Crippen molar-refractivity contribution in [2.75, 3.05) is 6.61 Å². The van der Waals surface area contributed by atoms with Crippen molar-refractivity contribution in [2.24, 2.45) is 0 Å². The lowest BCUT2D eigenvalue weighted by molar-refractivity contribution is 0.0272. The molecule has 0 aliphatic rings. The Bertz CT molecular complexity index is 356. The number of aliphatic hydroxyl groups excluding tert-OH is 1. The zero-order valence-corrected chi connectivity index (χ0v) is 11.3. The Kier molecular flexibility index (Phi) is 4.35. The maximum Gasteiger partial charge on any atom is 0.126 e. The smallest absolute Gasteiger partial charge is 0.126 e. The van der Waals surface area contributed by atoms with Gasteiger partial charge in [0.05, 0.1) is 11.7 Å².